The number of hydrogen-bond donors (Lipinski definition) is 1. The van der Waals surface area contributed by atoms with E-state index in [-0.39, 0.29) is 0 Å². The quantitative estimate of drug-likeness (QED) is 0.638. The first-order valence-electron chi connectivity index (χ1n) is 4.28. The first-order chi connectivity index (χ1) is 5.24. The molecule has 0 radical (unpaired) electrons. The van der Waals surface area contributed by atoms with Gasteiger partial charge < -0.3 is 5.32 Å². The van der Waals surface area contributed by atoms with Gasteiger partial charge in [0, 0.05) is 6.04 Å². The van der Waals surface area contributed by atoms with E-state index in [0.29, 0.717) is 6.04 Å². The molecule has 0 aromatic heterocycles. The maximum atomic E-state index is 3.24. The van der Waals surface area contributed by atoms with Crippen LogP contribution >= 0.6 is 0 Å². The normalized spacial score (nSPS) is 20.6. The summed E-state index contributed by atoms with van der Waals surface area (Å²) in [4.78, 5) is 0. The summed E-state index contributed by atoms with van der Waals surface area (Å²) in [5.41, 5.74) is 2.95. The Morgan fingerprint density at radius 2 is 2.27 bits per heavy atom. The van der Waals surface area contributed by atoms with E-state index in [1.165, 1.54) is 24.0 Å². The molecular formula is C10H17N. The van der Waals surface area contributed by atoms with Crippen LogP contribution in [0.1, 0.15) is 26.7 Å². The zero-order valence-corrected chi connectivity index (χ0v) is 7.65. The van der Waals surface area contributed by atoms with Gasteiger partial charge in [-0.2, -0.15) is 0 Å². The largest absolute Gasteiger partial charge is 0.313 e. The molecule has 1 heteroatoms. The molecule has 1 nitrogen and oxygen atoms in total. The summed E-state index contributed by atoms with van der Waals surface area (Å²) >= 11 is 0. The van der Waals surface area contributed by atoms with E-state index in [2.05, 4.69) is 31.3 Å². The summed E-state index contributed by atoms with van der Waals surface area (Å²) in [6.07, 6.45) is 7.07. The molecule has 1 atom stereocenters. The summed E-state index contributed by atoms with van der Waals surface area (Å²) in [6.45, 7) is 4.40. The van der Waals surface area contributed by atoms with E-state index in [9.17, 15) is 0 Å². The van der Waals surface area contributed by atoms with Gasteiger partial charge in [-0.1, -0.05) is 17.7 Å². The monoisotopic (exact) mass is 151 g/mol. The minimum atomic E-state index is 0.505. The van der Waals surface area contributed by atoms with E-state index in [4.69, 9.17) is 0 Å². The third-order valence-electron chi connectivity index (χ3n) is 2.26. The van der Waals surface area contributed by atoms with Crippen LogP contribution in [-0.4, -0.2) is 13.1 Å². The molecule has 0 aromatic rings. The molecule has 11 heavy (non-hydrogen) atoms. The lowest BCUT2D eigenvalue weighted by atomic mass is 9.97. The van der Waals surface area contributed by atoms with E-state index < -0.39 is 0 Å². The van der Waals surface area contributed by atoms with Gasteiger partial charge in [-0.05, 0) is 39.3 Å². The zero-order valence-electron chi connectivity index (χ0n) is 7.65. The van der Waals surface area contributed by atoms with Crippen molar-refractivity contribution in [3.63, 3.8) is 0 Å². The topological polar surface area (TPSA) is 12.0 Å². The van der Waals surface area contributed by atoms with Crippen molar-refractivity contribution in [1.29, 1.82) is 0 Å². The number of nitrogens with one attached hydrogen (secondary N) is 1. The van der Waals surface area contributed by atoms with Gasteiger partial charge in [0.1, 0.15) is 0 Å². The molecule has 0 unspecified atom stereocenters. The molecule has 0 bridgehead atoms. The Morgan fingerprint density at radius 3 is 2.82 bits per heavy atom. The highest BCUT2D eigenvalue weighted by Gasteiger charge is 2.06. The Balaban J connectivity index is 2.65. The van der Waals surface area contributed by atoms with Gasteiger partial charge in [-0.3, -0.25) is 0 Å². The van der Waals surface area contributed by atoms with Crippen molar-refractivity contribution in [3.8, 4) is 0 Å². The van der Waals surface area contributed by atoms with Crippen LogP contribution in [0, 0.1) is 0 Å². The second-order valence-electron chi connectivity index (χ2n) is 3.24. The summed E-state index contributed by atoms with van der Waals surface area (Å²) < 4.78 is 0. The second-order valence-corrected chi connectivity index (χ2v) is 3.24. The SMILES string of the molecule is CN[C@@H](C)C1=CCCC(C)=C1. The predicted octanol–water partition coefficient (Wildman–Crippen LogP) is 2.26. The fourth-order valence-corrected chi connectivity index (χ4v) is 1.35. The minimum absolute atomic E-state index is 0.505. The summed E-state index contributed by atoms with van der Waals surface area (Å²) in [5.74, 6) is 0. The smallest absolute Gasteiger partial charge is 0.0285 e. The highest BCUT2D eigenvalue weighted by Crippen LogP contribution is 2.18. The Labute approximate surface area is 69.2 Å². The van der Waals surface area contributed by atoms with Crippen LogP contribution in [-0.2, 0) is 0 Å². The van der Waals surface area contributed by atoms with Crippen molar-refractivity contribution in [2.75, 3.05) is 7.05 Å². The fourth-order valence-electron chi connectivity index (χ4n) is 1.35. The first-order valence-corrected chi connectivity index (χ1v) is 4.28. The Morgan fingerprint density at radius 1 is 1.55 bits per heavy atom. The van der Waals surface area contributed by atoms with Crippen LogP contribution < -0.4 is 5.32 Å². The minimum Gasteiger partial charge on any atom is -0.313 e. The van der Waals surface area contributed by atoms with Gasteiger partial charge in [0.15, 0.2) is 0 Å². The highest BCUT2D eigenvalue weighted by molar-refractivity contribution is 5.30. The third kappa shape index (κ3) is 2.19. The van der Waals surface area contributed by atoms with Gasteiger partial charge in [0.2, 0.25) is 0 Å². The van der Waals surface area contributed by atoms with Gasteiger partial charge in [0.25, 0.3) is 0 Å². The Bertz CT molecular complexity index is 189. The molecule has 0 fully saturated rings. The van der Waals surface area contributed by atoms with Crippen molar-refractivity contribution < 1.29 is 0 Å². The standard InChI is InChI=1S/C10H17N/c1-8-5-4-6-10(7-8)9(2)11-3/h6-7,9,11H,4-5H2,1-3H3/t9-/m0/s1. The van der Waals surface area contributed by atoms with Crippen molar-refractivity contribution >= 4 is 0 Å². The van der Waals surface area contributed by atoms with Crippen molar-refractivity contribution in [2.24, 2.45) is 0 Å². The lowest BCUT2D eigenvalue weighted by Gasteiger charge is -2.16. The van der Waals surface area contributed by atoms with Crippen LogP contribution in [0.5, 0.6) is 0 Å². The van der Waals surface area contributed by atoms with Crippen LogP contribution in [0.15, 0.2) is 23.3 Å². The van der Waals surface area contributed by atoms with Crippen LogP contribution in [0.3, 0.4) is 0 Å². The maximum absolute atomic E-state index is 3.24. The predicted molar refractivity (Wildman–Crippen MR) is 49.6 cm³/mol. The van der Waals surface area contributed by atoms with E-state index in [1.807, 2.05) is 7.05 Å². The van der Waals surface area contributed by atoms with E-state index in [1.54, 1.807) is 0 Å². The molecule has 1 N–H and O–H groups in total. The molecule has 0 spiro atoms. The van der Waals surface area contributed by atoms with Gasteiger partial charge >= 0.3 is 0 Å². The summed E-state index contributed by atoms with van der Waals surface area (Å²) in [5, 5.41) is 3.24. The number of hydrogen-bond acceptors (Lipinski definition) is 1. The molecule has 0 saturated heterocycles. The molecule has 1 aliphatic carbocycles. The molecule has 0 heterocycles. The lowest BCUT2D eigenvalue weighted by molar-refractivity contribution is 0.694. The number of rotatable bonds is 2. The van der Waals surface area contributed by atoms with E-state index >= 15 is 0 Å². The highest BCUT2D eigenvalue weighted by atomic mass is 14.9. The van der Waals surface area contributed by atoms with Crippen LogP contribution in [0.4, 0.5) is 0 Å². The molecular weight excluding hydrogens is 134 g/mol. The van der Waals surface area contributed by atoms with Crippen molar-refractivity contribution in [1.82, 2.24) is 5.32 Å². The molecule has 0 saturated carbocycles. The van der Waals surface area contributed by atoms with E-state index in [0.717, 1.165) is 0 Å². The van der Waals surface area contributed by atoms with Crippen LogP contribution in [0.2, 0.25) is 0 Å². The van der Waals surface area contributed by atoms with Crippen molar-refractivity contribution in [2.45, 2.75) is 32.7 Å². The second kappa shape index (κ2) is 3.72. The molecule has 1 rings (SSSR count). The van der Waals surface area contributed by atoms with Gasteiger partial charge in [-0.15, -0.1) is 0 Å². The lowest BCUT2D eigenvalue weighted by Crippen LogP contribution is -2.23. The molecule has 0 aromatic carbocycles. The average Bonchev–Trinajstić information content (AvgIpc) is 2.03. The number of likely N-dealkylation sites (N-methyl/N-ethyl adjacent to an activating group) is 1. The third-order valence-corrected chi connectivity index (χ3v) is 2.26. The zero-order chi connectivity index (χ0) is 8.27. The van der Waals surface area contributed by atoms with Gasteiger partial charge in [0.05, 0.1) is 0 Å². The van der Waals surface area contributed by atoms with Gasteiger partial charge in [-0.25, -0.2) is 0 Å². The first kappa shape index (κ1) is 8.54. The van der Waals surface area contributed by atoms with Crippen molar-refractivity contribution in [3.05, 3.63) is 23.3 Å². The number of allylic oxidation sites excluding steroid dienone is 2. The molecule has 1 aliphatic rings. The maximum Gasteiger partial charge on any atom is 0.0285 e. The Hall–Kier alpha value is -0.560. The summed E-state index contributed by atoms with van der Waals surface area (Å²) in [7, 11) is 2.00. The summed E-state index contributed by atoms with van der Waals surface area (Å²) in [6, 6.07) is 0.505. The average molecular weight is 151 g/mol. The Kier molecular flexibility index (Phi) is 2.89. The molecule has 0 aliphatic heterocycles. The molecule has 0 amide bonds. The molecule has 62 valence electrons. The fraction of sp³-hybridized carbons (Fsp3) is 0.600. The van der Waals surface area contributed by atoms with Crippen LogP contribution in [0.25, 0.3) is 0 Å².